The molecule has 0 unspecified atom stereocenters. The molecule has 1 aromatic carbocycles. The fraction of sp³-hybridized carbons (Fsp3) is 0.391. The summed E-state index contributed by atoms with van der Waals surface area (Å²) in [4.78, 5) is 16.0. The highest BCUT2D eigenvalue weighted by Gasteiger charge is 2.33. The Labute approximate surface area is 188 Å². The van der Waals surface area contributed by atoms with Gasteiger partial charge in [-0.05, 0) is 74.3 Å². The van der Waals surface area contributed by atoms with Crippen LogP contribution in [0.2, 0.25) is 0 Å². The number of nitrogens with one attached hydrogen (secondary N) is 2. The number of para-hydroxylation sites is 1. The first-order chi connectivity index (χ1) is 15.3. The van der Waals surface area contributed by atoms with Crippen LogP contribution in [-0.4, -0.2) is 28.2 Å². The van der Waals surface area contributed by atoms with Gasteiger partial charge in [-0.15, -0.1) is 13.2 Å². The molecule has 0 atom stereocenters. The molecule has 2 aromatic heterocycles. The van der Waals surface area contributed by atoms with Crippen molar-refractivity contribution in [2.24, 2.45) is 5.92 Å². The molecule has 1 aliphatic rings. The van der Waals surface area contributed by atoms with Gasteiger partial charge < -0.3 is 15.0 Å². The molecular formula is C23H24F3N3O2S. The summed E-state index contributed by atoms with van der Waals surface area (Å²) < 4.78 is 47.1. The molecule has 1 aliphatic carbocycles. The van der Waals surface area contributed by atoms with Crippen molar-refractivity contribution < 1.29 is 22.7 Å². The second-order valence-corrected chi connectivity index (χ2v) is 8.80. The molecule has 5 nitrogen and oxygen atoms in total. The molecule has 4 rings (SSSR count). The molecule has 32 heavy (non-hydrogen) atoms. The highest BCUT2D eigenvalue weighted by atomic mass is 32.1. The lowest BCUT2D eigenvalue weighted by Gasteiger charge is -2.27. The van der Waals surface area contributed by atoms with Gasteiger partial charge in [-0.25, -0.2) is 0 Å². The van der Waals surface area contributed by atoms with Crippen LogP contribution in [0, 0.1) is 12.8 Å². The van der Waals surface area contributed by atoms with Crippen LogP contribution in [-0.2, 0) is 0 Å². The van der Waals surface area contributed by atoms with Crippen LogP contribution >= 0.6 is 11.5 Å². The minimum Gasteiger partial charge on any atom is -0.405 e. The Morgan fingerprint density at radius 1 is 1.22 bits per heavy atom. The Morgan fingerprint density at radius 3 is 2.66 bits per heavy atom. The molecule has 1 saturated carbocycles. The largest absolute Gasteiger partial charge is 0.573 e. The summed E-state index contributed by atoms with van der Waals surface area (Å²) in [6.45, 7) is 2.29. The number of ether oxygens (including phenoxy) is 1. The van der Waals surface area contributed by atoms with E-state index in [0.717, 1.165) is 31.4 Å². The van der Waals surface area contributed by atoms with Gasteiger partial charge in [0.25, 0.3) is 5.91 Å². The Kier molecular flexibility index (Phi) is 6.55. The van der Waals surface area contributed by atoms with Crippen molar-refractivity contribution in [2.75, 3.05) is 6.54 Å². The number of halogens is 3. The summed E-state index contributed by atoms with van der Waals surface area (Å²) >= 11 is 1.47. The van der Waals surface area contributed by atoms with Gasteiger partial charge in [0.2, 0.25) is 0 Å². The number of nitrogens with zero attached hydrogens (tertiary/aromatic N) is 1. The number of benzene rings is 1. The lowest BCUT2D eigenvalue weighted by molar-refractivity contribution is -0.274. The van der Waals surface area contributed by atoms with Gasteiger partial charge in [0.1, 0.15) is 5.75 Å². The van der Waals surface area contributed by atoms with E-state index >= 15 is 0 Å². The molecule has 2 N–H and O–H groups in total. The van der Waals surface area contributed by atoms with Crippen molar-refractivity contribution in [3.05, 3.63) is 58.7 Å². The monoisotopic (exact) mass is 463 g/mol. The third-order valence-corrected chi connectivity index (χ3v) is 6.43. The van der Waals surface area contributed by atoms with E-state index in [1.807, 2.05) is 5.38 Å². The maximum Gasteiger partial charge on any atom is 0.573 e. The normalized spacial score (nSPS) is 19.0. The summed E-state index contributed by atoms with van der Waals surface area (Å²) in [5, 5.41) is 4.97. The van der Waals surface area contributed by atoms with E-state index in [9.17, 15) is 18.0 Å². The molecule has 9 heteroatoms. The van der Waals surface area contributed by atoms with E-state index in [-0.39, 0.29) is 17.2 Å². The van der Waals surface area contributed by atoms with Crippen molar-refractivity contribution in [3.63, 3.8) is 0 Å². The summed E-state index contributed by atoms with van der Waals surface area (Å²) in [7, 11) is 0. The molecule has 3 aromatic rings. The zero-order valence-corrected chi connectivity index (χ0v) is 18.4. The van der Waals surface area contributed by atoms with E-state index in [1.165, 1.54) is 29.7 Å². The van der Waals surface area contributed by atoms with Crippen LogP contribution in [0.15, 0.2) is 41.8 Å². The maximum absolute atomic E-state index is 12.9. The fourth-order valence-corrected chi connectivity index (χ4v) is 4.89. The molecule has 0 radical (unpaired) electrons. The average Bonchev–Trinajstić information content (AvgIpc) is 3.42. The first-order valence-electron chi connectivity index (χ1n) is 10.5. The third-order valence-electron chi connectivity index (χ3n) is 5.85. The third kappa shape index (κ3) is 5.32. The number of hydrogen-bond acceptors (Lipinski definition) is 4. The van der Waals surface area contributed by atoms with E-state index in [1.54, 1.807) is 19.1 Å². The highest BCUT2D eigenvalue weighted by Crippen LogP contribution is 2.36. The van der Waals surface area contributed by atoms with Gasteiger partial charge in [0.05, 0.1) is 17.0 Å². The molecular weight excluding hydrogens is 439 g/mol. The van der Waals surface area contributed by atoms with Gasteiger partial charge in [0.15, 0.2) is 0 Å². The first-order valence-corrected chi connectivity index (χ1v) is 11.4. The lowest BCUT2D eigenvalue weighted by Crippen LogP contribution is -2.31. The van der Waals surface area contributed by atoms with Crippen LogP contribution in [0.1, 0.15) is 53.3 Å². The molecule has 0 saturated heterocycles. The second kappa shape index (κ2) is 9.36. The minimum atomic E-state index is -4.82. The standard InChI is InChI=1S/C23H24F3N3O2S/c1-14-12-18(21(28-14)17-4-2-3-5-20(17)31-23(24,25)26)22(30)27-13-15-6-8-16(9-7-15)19-10-11-32-29-19/h2-5,10-12,15-16,28H,6-9,13H2,1H3,(H,27,30). The van der Waals surface area contributed by atoms with Crippen LogP contribution in [0.5, 0.6) is 5.75 Å². The smallest absolute Gasteiger partial charge is 0.405 e. The number of amides is 1. The zero-order chi connectivity index (χ0) is 22.7. The predicted molar refractivity (Wildman–Crippen MR) is 117 cm³/mol. The molecule has 0 aliphatic heterocycles. The lowest BCUT2D eigenvalue weighted by atomic mass is 9.80. The first kappa shape index (κ1) is 22.4. The number of aryl methyl sites for hydroxylation is 1. The van der Waals surface area contributed by atoms with Gasteiger partial charge >= 0.3 is 6.36 Å². The van der Waals surface area contributed by atoms with Crippen molar-refractivity contribution in [1.29, 1.82) is 0 Å². The number of hydrogen-bond donors (Lipinski definition) is 2. The van der Waals surface area contributed by atoms with E-state index in [0.29, 0.717) is 35.3 Å². The van der Waals surface area contributed by atoms with E-state index in [4.69, 9.17) is 0 Å². The number of rotatable bonds is 6. The van der Waals surface area contributed by atoms with Gasteiger partial charge in [0, 0.05) is 29.1 Å². The summed E-state index contributed by atoms with van der Waals surface area (Å²) in [5.74, 6) is 0.194. The molecule has 0 spiro atoms. The molecule has 2 heterocycles. The number of aromatic amines is 1. The van der Waals surface area contributed by atoms with E-state index < -0.39 is 6.36 Å². The number of carbonyl (C=O) groups excluding carboxylic acids is 1. The van der Waals surface area contributed by atoms with Crippen LogP contribution < -0.4 is 10.1 Å². The minimum absolute atomic E-state index is 0.187. The maximum atomic E-state index is 12.9. The van der Waals surface area contributed by atoms with Crippen molar-refractivity contribution in [3.8, 4) is 17.0 Å². The van der Waals surface area contributed by atoms with Crippen LogP contribution in [0.3, 0.4) is 0 Å². The molecule has 170 valence electrons. The van der Waals surface area contributed by atoms with Gasteiger partial charge in [-0.2, -0.15) is 4.37 Å². The molecule has 0 bridgehead atoms. The van der Waals surface area contributed by atoms with Crippen molar-refractivity contribution in [1.82, 2.24) is 14.7 Å². The number of H-pyrrole nitrogens is 1. The SMILES string of the molecule is Cc1cc(C(=O)NCC2CCC(c3ccsn3)CC2)c(-c2ccccc2OC(F)(F)F)[nH]1. The molecule has 1 fully saturated rings. The fourth-order valence-electron chi connectivity index (χ4n) is 4.29. The number of alkyl halides is 3. The quantitative estimate of drug-likeness (QED) is 0.468. The Morgan fingerprint density at radius 2 is 1.97 bits per heavy atom. The van der Waals surface area contributed by atoms with Crippen molar-refractivity contribution >= 4 is 17.4 Å². The highest BCUT2D eigenvalue weighted by molar-refractivity contribution is 7.03. The van der Waals surface area contributed by atoms with Crippen LogP contribution in [0.4, 0.5) is 13.2 Å². The predicted octanol–water partition coefficient (Wildman–Crippen LogP) is 6.05. The van der Waals surface area contributed by atoms with Gasteiger partial charge in [-0.3, -0.25) is 4.79 Å². The summed E-state index contributed by atoms with van der Waals surface area (Å²) in [6.07, 6.45) is -0.729. The second-order valence-electron chi connectivity index (χ2n) is 8.14. The Balaban J connectivity index is 1.43. The number of carbonyl (C=O) groups is 1. The number of aromatic nitrogens is 2. The van der Waals surface area contributed by atoms with Crippen molar-refractivity contribution in [2.45, 2.75) is 44.9 Å². The molecule has 1 amide bonds. The Hall–Kier alpha value is -2.81. The Bertz CT molecular complexity index is 1050. The van der Waals surface area contributed by atoms with Gasteiger partial charge in [-0.1, -0.05) is 12.1 Å². The topological polar surface area (TPSA) is 67.0 Å². The van der Waals surface area contributed by atoms with Crippen LogP contribution in [0.25, 0.3) is 11.3 Å². The average molecular weight is 464 g/mol. The van der Waals surface area contributed by atoms with E-state index in [2.05, 4.69) is 25.5 Å². The summed E-state index contributed by atoms with van der Waals surface area (Å²) in [6, 6.07) is 9.53. The summed E-state index contributed by atoms with van der Waals surface area (Å²) in [5.41, 5.74) is 2.64. The zero-order valence-electron chi connectivity index (χ0n) is 17.5.